The molecule has 5 rings (SSSR count). The van der Waals surface area contributed by atoms with Crippen LogP contribution in [0.5, 0.6) is 11.5 Å². The second-order valence-electron chi connectivity index (χ2n) is 7.44. The number of ether oxygens (including phenoxy) is 2. The number of aromatic nitrogens is 3. The highest BCUT2D eigenvalue weighted by molar-refractivity contribution is 5.93. The fraction of sp³-hybridized carbons (Fsp3) is 0.526. The predicted octanol–water partition coefficient (Wildman–Crippen LogP) is 1.31. The molecule has 1 aromatic heterocycles. The van der Waals surface area contributed by atoms with Crippen LogP contribution in [-0.4, -0.2) is 64.2 Å². The molecule has 3 aliphatic rings. The van der Waals surface area contributed by atoms with Gasteiger partial charge in [0.2, 0.25) is 0 Å². The van der Waals surface area contributed by atoms with Gasteiger partial charge in [-0.15, -0.1) is 5.10 Å². The molecule has 27 heavy (non-hydrogen) atoms. The van der Waals surface area contributed by atoms with Crippen LogP contribution in [0.1, 0.15) is 35.4 Å². The molecule has 0 aliphatic carbocycles. The Morgan fingerprint density at radius 1 is 1.15 bits per heavy atom. The summed E-state index contributed by atoms with van der Waals surface area (Å²) in [6.45, 7) is 4.48. The molecule has 2 bridgehead atoms. The summed E-state index contributed by atoms with van der Waals surface area (Å²) in [6, 6.07) is 6.58. The van der Waals surface area contributed by atoms with E-state index < -0.39 is 0 Å². The smallest absolute Gasteiger partial charge is 0.276 e. The summed E-state index contributed by atoms with van der Waals surface area (Å²) in [5.74, 6) is 1.38. The molecule has 2 unspecified atom stereocenters. The molecular formula is C19H23N5O3. The highest BCUT2D eigenvalue weighted by atomic mass is 16.6. The standard InChI is InChI=1S/C19H23N5O3/c1-12-18(19(25)23-7-6-13-2-3-14(11-23)20-13)21-22-24(12)15-4-5-16-17(10-15)27-9-8-26-16/h4-5,10,13-14,20H,2-3,6-9,11H2,1H3. The number of nitrogens with zero attached hydrogens (tertiary/aromatic N) is 4. The molecule has 2 saturated heterocycles. The lowest BCUT2D eigenvalue weighted by Gasteiger charge is -2.23. The molecule has 0 saturated carbocycles. The van der Waals surface area contributed by atoms with Crippen LogP contribution in [0.3, 0.4) is 0 Å². The number of amides is 1. The van der Waals surface area contributed by atoms with E-state index in [1.165, 1.54) is 6.42 Å². The molecule has 0 radical (unpaired) electrons. The predicted molar refractivity (Wildman–Crippen MR) is 97.6 cm³/mol. The minimum atomic E-state index is -0.0364. The van der Waals surface area contributed by atoms with Gasteiger partial charge >= 0.3 is 0 Å². The molecule has 1 N–H and O–H groups in total. The third-order valence-corrected chi connectivity index (χ3v) is 5.68. The first-order valence-corrected chi connectivity index (χ1v) is 9.56. The third-order valence-electron chi connectivity index (χ3n) is 5.68. The van der Waals surface area contributed by atoms with Gasteiger partial charge in [0, 0.05) is 31.2 Å². The van der Waals surface area contributed by atoms with Gasteiger partial charge in [0.15, 0.2) is 17.2 Å². The molecule has 2 atom stereocenters. The lowest BCUT2D eigenvalue weighted by molar-refractivity contribution is 0.0741. The van der Waals surface area contributed by atoms with E-state index >= 15 is 0 Å². The van der Waals surface area contributed by atoms with Crippen LogP contribution in [0.15, 0.2) is 18.2 Å². The van der Waals surface area contributed by atoms with Crippen molar-refractivity contribution in [2.24, 2.45) is 0 Å². The van der Waals surface area contributed by atoms with Crippen LogP contribution in [0.25, 0.3) is 5.69 Å². The Balaban J connectivity index is 1.41. The Morgan fingerprint density at radius 3 is 2.85 bits per heavy atom. The maximum Gasteiger partial charge on any atom is 0.276 e. The van der Waals surface area contributed by atoms with Gasteiger partial charge in [-0.25, -0.2) is 4.68 Å². The van der Waals surface area contributed by atoms with E-state index in [1.807, 2.05) is 30.0 Å². The highest BCUT2D eigenvalue weighted by Crippen LogP contribution is 2.32. The maximum atomic E-state index is 13.1. The summed E-state index contributed by atoms with van der Waals surface area (Å²) in [7, 11) is 0. The van der Waals surface area contributed by atoms with Gasteiger partial charge in [-0.2, -0.15) is 0 Å². The van der Waals surface area contributed by atoms with Gasteiger partial charge in [-0.1, -0.05) is 5.21 Å². The molecule has 0 spiro atoms. The molecule has 3 aliphatic heterocycles. The van der Waals surface area contributed by atoms with Crippen molar-refractivity contribution in [3.05, 3.63) is 29.6 Å². The van der Waals surface area contributed by atoms with E-state index in [2.05, 4.69) is 15.6 Å². The van der Waals surface area contributed by atoms with Gasteiger partial charge in [0.05, 0.1) is 11.4 Å². The average molecular weight is 369 g/mol. The summed E-state index contributed by atoms with van der Waals surface area (Å²) < 4.78 is 12.9. The first-order valence-electron chi connectivity index (χ1n) is 9.56. The molecular weight excluding hydrogens is 346 g/mol. The molecule has 4 heterocycles. The van der Waals surface area contributed by atoms with E-state index in [-0.39, 0.29) is 5.91 Å². The summed E-state index contributed by atoms with van der Waals surface area (Å²) in [5.41, 5.74) is 1.96. The number of likely N-dealkylation sites (tertiary alicyclic amines) is 1. The fourth-order valence-electron chi connectivity index (χ4n) is 4.21. The van der Waals surface area contributed by atoms with Crippen molar-refractivity contribution in [3.8, 4) is 17.2 Å². The van der Waals surface area contributed by atoms with Gasteiger partial charge in [0.25, 0.3) is 5.91 Å². The van der Waals surface area contributed by atoms with Gasteiger partial charge in [-0.3, -0.25) is 4.79 Å². The molecule has 1 aromatic carbocycles. The quantitative estimate of drug-likeness (QED) is 0.860. The van der Waals surface area contributed by atoms with E-state index in [9.17, 15) is 4.79 Å². The average Bonchev–Trinajstić information content (AvgIpc) is 3.22. The molecule has 8 nitrogen and oxygen atoms in total. The van der Waals surface area contributed by atoms with Gasteiger partial charge in [0.1, 0.15) is 13.2 Å². The number of hydrogen-bond donors (Lipinski definition) is 1. The largest absolute Gasteiger partial charge is 0.486 e. The number of benzene rings is 1. The van der Waals surface area contributed by atoms with Crippen molar-refractivity contribution >= 4 is 5.91 Å². The van der Waals surface area contributed by atoms with Crippen LogP contribution in [0.4, 0.5) is 0 Å². The Kier molecular flexibility index (Phi) is 4.00. The van der Waals surface area contributed by atoms with Crippen LogP contribution in [0.2, 0.25) is 0 Å². The first-order chi connectivity index (χ1) is 13.2. The minimum Gasteiger partial charge on any atom is -0.486 e. The van der Waals surface area contributed by atoms with Crippen molar-refractivity contribution in [1.82, 2.24) is 25.2 Å². The van der Waals surface area contributed by atoms with E-state index in [4.69, 9.17) is 9.47 Å². The molecule has 2 fully saturated rings. The third kappa shape index (κ3) is 2.93. The number of nitrogens with one attached hydrogen (secondary N) is 1. The first kappa shape index (κ1) is 16.6. The lowest BCUT2D eigenvalue weighted by atomic mass is 10.1. The van der Waals surface area contributed by atoms with E-state index in [1.54, 1.807) is 4.68 Å². The molecule has 1 amide bonds. The number of carbonyl (C=O) groups excluding carboxylic acids is 1. The van der Waals surface area contributed by atoms with E-state index in [0.717, 1.165) is 43.1 Å². The number of hydrogen-bond acceptors (Lipinski definition) is 6. The maximum absolute atomic E-state index is 13.1. The summed E-state index contributed by atoms with van der Waals surface area (Å²) in [6.07, 6.45) is 3.35. The monoisotopic (exact) mass is 369 g/mol. The molecule has 2 aromatic rings. The number of rotatable bonds is 2. The van der Waals surface area contributed by atoms with Crippen molar-refractivity contribution in [2.45, 2.75) is 38.3 Å². The van der Waals surface area contributed by atoms with Crippen LogP contribution < -0.4 is 14.8 Å². The van der Waals surface area contributed by atoms with Gasteiger partial charge in [-0.05, 0) is 38.3 Å². The fourth-order valence-corrected chi connectivity index (χ4v) is 4.21. The topological polar surface area (TPSA) is 81.5 Å². The second-order valence-corrected chi connectivity index (χ2v) is 7.44. The number of fused-ring (bicyclic) bond motifs is 3. The number of carbonyl (C=O) groups is 1. The Labute approximate surface area is 157 Å². The Morgan fingerprint density at radius 2 is 1.96 bits per heavy atom. The summed E-state index contributed by atoms with van der Waals surface area (Å²) >= 11 is 0. The summed E-state index contributed by atoms with van der Waals surface area (Å²) in [5, 5.41) is 12.0. The van der Waals surface area contributed by atoms with E-state index in [0.29, 0.717) is 36.7 Å². The Bertz CT molecular complexity index is 880. The van der Waals surface area contributed by atoms with Crippen LogP contribution in [-0.2, 0) is 0 Å². The minimum absolute atomic E-state index is 0.0364. The van der Waals surface area contributed by atoms with Crippen molar-refractivity contribution in [3.63, 3.8) is 0 Å². The highest BCUT2D eigenvalue weighted by Gasteiger charge is 2.33. The zero-order valence-corrected chi connectivity index (χ0v) is 15.4. The lowest BCUT2D eigenvalue weighted by Crippen LogP contribution is -2.39. The van der Waals surface area contributed by atoms with Crippen molar-refractivity contribution < 1.29 is 14.3 Å². The second kappa shape index (κ2) is 6.53. The molecule has 8 heteroatoms. The zero-order chi connectivity index (χ0) is 18.4. The summed E-state index contributed by atoms with van der Waals surface area (Å²) in [4.78, 5) is 15.0. The SMILES string of the molecule is Cc1c(C(=O)N2CCC3CCC(C2)N3)nnn1-c1ccc2c(c1)OCCO2. The zero-order valence-electron chi connectivity index (χ0n) is 15.4. The van der Waals surface area contributed by atoms with Crippen molar-refractivity contribution in [1.29, 1.82) is 0 Å². The van der Waals surface area contributed by atoms with Crippen LogP contribution >= 0.6 is 0 Å². The normalized spacial score (nSPS) is 24.0. The van der Waals surface area contributed by atoms with Crippen LogP contribution in [0, 0.1) is 6.92 Å². The van der Waals surface area contributed by atoms with Gasteiger partial charge < -0.3 is 19.7 Å². The molecule has 142 valence electrons. The van der Waals surface area contributed by atoms with Crippen molar-refractivity contribution in [2.75, 3.05) is 26.3 Å². The Hall–Kier alpha value is -2.61.